The molecule has 0 radical (unpaired) electrons. The molecule has 0 saturated carbocycles. The number of amides is 2. The van der Waals surface area contributed by atoms with Crippen LogP contribution in [-0.2, 0) is 9.53 Å². The van der Waals surface area contributed by atoms with Gasteiger partial charge >= 0.3 is 0 Å². The third-order valence-corrected chi connectivity index (χ3v) is 5.37. The summed E-state index contributed by atoms with van der Waals surface area (Å²) >= 11 is 1.44. The lowest BCUT2D eigenvalue weighted by atomic mass is 9.99. The second kappa shape index (κ2) is 7.01. The third-order valence-electron chi connectivity index (χ3n) is 4.51. The average Bonchev–Trinajstić information content (AvgIpc) is 3.07. The number of likely N-dealkylation sites (tertiary alicyclic amines) is 1. The largest absolute Gasteiger partial charge is 0.372 e. The summed E-state index contributed by atoms with van der Waals surface area (Å²) in [5.74, 6) is 0.0732. The molecule has 0 N–H and O–H groups in total. The monoisotopic (exact) mass is 336 g/mol. The predicted molar refractivity (Wildman–Crippen MR) is 89.6 cm³/mol. The Hall–Kier alpha value is -1.40. The number of morpholine rings is 1. The van der Waals surface area contributed by atoms with Crippen LogP contribution in [0.1, 0.15) is 42.8 Å². The topological polar surface area (TPSA) is 49.9 Å². The van der Waals surface area contributed by atoms with Gasteiger partial charge in [0.2, 0.25) is 5.91 Å². The van der Waals surface area contributed by atoms with Gasteiger partial charge in [-0.25, -0.2) is 0 Å². The molecule has 0 aromatic carbocycles. The summed E-state index contributed by atoms with van der Waals surface area (Å²) in [5, 5.41) is 1.90. The molecule has 3 rings (SSSR count). The van der Waals surface area contributed by atoms with Gasteiger partial charge in [0.1, 0.15) is 6.04 Å². The SMILES string of the molecule is C[C@@H]1CN(C(=O)C2CCCCN2C(=O)c2cccs2)C[C@H](C)O1. The Kier molecular flexibility index (Phi) is 5.02. The lowest BCUT2D eigenvalue weighted by Crippen LogP contribution is -2.57. The van der Waals surface area contributed by atoms with Crippen LogP contribution in [0.5, 0.6) is 0 Å². The molecule has 2 aliphatic rings. The zero-order chi connectivity index (χ0) is 16.4. The second-order valence-corrected chi connectivity index (χ2v) is 7.44. The van der Waals surface area contributed by atoms with E-state index in [1.165, 1.54) is 11.3 Å². The number of carbonyl (C=O) groups is 2. The summed E-state index contributed by atoms with van der Waals surface area (Å²) in [6.45, 7) is 5.88. The zero-order valence-electron chi connectivity index (χ0n) is 13.7. The first kappa shape index (κ1) is 16.5. The number of ether oxygens (including phenoxy) is 1. The number of nitrogens with zero attached hydrogens (tertiary/aromatic N) is 2. The van der Waals surface area contributed by atoms with E-state index in [-0.39, 0.29) is 30.1 Å². The summed E-state index contributed by atoms with van der Waals surface area (Å²) in [6.07, 6.45) is 2.83. The van der Waals surface area contributed by atoms with Gasteiger partial charge < -0.3 is 14.5 Å². The first-order valence-corrected chi connectivity index (χ1v) is 9.23. The fraction of sp³-hybridized carbons (Fsp3) is 0.647. The van der Waals surface area contributed by atoms with Gasteiger partial charge in [0.05, 0.1) is 17.1 Å². The van der Waals surface area contributed by atoms with E-state index in [1.807, 2.05) is 36.3 Å². The van der Waals surface area contributed by atoms with E-state index in [2.05, 4.69) is 0 Å². The molecule has 3 atom stereocenters. The molecule has 0 spiro atoms. The fourth-order valence-corrected chi connectivity index (χ4v) is 4.22. The van der Waals surface area contributed by atoms with Crippen LogP contribution in [0.2, 0.25) is 0 Å². The molecule has 23 heavy (non-hydrogen) atoms. The Morgan fingerprint density at radius 3 is 2.61 bits per heavy atom. The number of hydrogen-bond donors (Lipinski definition) is 0. The molecule has 6 heteroatoms. The zero-order valence-corrected chi connectivity index (χ0v) is 14.6. The predicted octanol–water partition coefficient (Wildman–Crippen LogP) is 2.38. The highest BCUT2D eigenvalue weighted by Crippen LogP contribution is 2.24. The van der Waals surface area contributed by atoms with Gasteiger partial charge in [-0.05, 0) is 44.6 Å². The lowest BCUT2D eigenvalue weighted by molar-refractivity contribution is -0.148. The minimum Gasteiger partial charge on any atom is -0.372 e. The van der Waals surface area contributed by atoms with E-state index in [9.17, 15) is 9.59 Å². The van der Waals surface area contributed by atoms with Gasteiger partial charge in [0.15, 0.2) is 0 Å². The van der Waals surface area contributed by atoms with E-state index < -0.39 is 0 Å². The molecule has 0 bridgehead atoms. The van der Waals surface area contributed by atoms with Gasteiger partial charge in [-0.15, -0.1) is 11.3 Å². The molecule has 1 unspecified atom stereocenters. The number of hydrogen-bond acceptors (Lipinski definition) is 4. The highest BCUT2D eigenvalue weighted by atomic mass is 32.1. The van der Waals surface area contributed by atoms with Crippen molar-refractivity contribution in [1.82, 2.24) is 9.80 Å². The molecule has 3 heterocycles. The molecule has 2 amide bonds. The highest BCUT2D eigenvalue weighted by Gasteiger charge is 2.37. The van der Waals surface area contributed by atoms with Crippen molar-refractivity contribution in [3.63, 3.8) is 0 Å². The Labute approximate surface area is 141 Å². The number of piperidine rings is 1. The minimum atomic E-state index is -0.323. The quantitative estimate of drug-likeness (QED) is 0.833. The van der Waals surface area contributed by atoms with Gasteiger partial charge in [-0.1, -0.05) is 6.07 Å². The normalized spacial score (nSPS) is 28.7. The Balaban J connectivity index is 1.75. The van der Waals surface area contributed by atoms with Crippen LogP contribution in [0, 0.1) is 0 Å². The van der Waals surface area contributed by atoms with Gasteiger partial charge in [0.25, 0.3) is 5.91 Å². The summed E-state index contributed by atoms with van der Waals surface area (Å²) in [6, 6.07) is 3.39. The molecule has 0 aliphatic carbocycles. The number of carbonyl (C=O) groups excluding carboxylic acids is 2. The molecular formula is C17H24N2O3S. The molecule has 2 aliphatic heterocycles. The van der Waals surface area contributed by atoms with E-state index in [1.54, 1.807) is 4.90 Å². The second-order valence-electron chi connectivity index (χ2n) is 6.49. The molecule has 2 fully saturated rings. The Bertz CT molecular complexity index is 550. The van der Waals surface area contributed by atoms with Crippen LogP contribution < -0.4 is 0 Å². The van der Waals surface area contributed by atoms with E-state index in [0.29, 0.717) is 24.5 Å². The van der Waals surface area contributed by atoms with Crippen LogP contribution in [-0.4, -0.2) is 59.5 Å². The van der Waals surface area contributed by atoms with Gasteiger partial charge in [-0.2, -0.15) is 0 Å². The number of thiophene rings is 1. The molecular weight excluding hydrogens is 312 g/mol. The highest BCUT2D eigenvalue weighted by molar-refractivity contribution is 7.12. The van der Waals surface area contributed by atoms with E-state index in [4.69, 9.17) is 4.74 Å². The van der Waals surface area contributed by atoms with Crippen molar-refractivity contribution in [1.29, 1.82) is 0 Å². The average molecular weight is 336 g/mol. The maximum absolute atomic E-state index is 13.0. The minimum absolute atomic E-state index is 0.00703. The van der Waals surface area contributed by atoms with Crippen LogP contribution in [0.4, 0.5) is 0 Å². The summed E-state index contributed by atoms with van der Waals surface area (Å²) in [4.78, 5) is 30.1. The van der Waals surface area contributed by atoms with Crippen molar-refractivity contribution in [3.05, 3.63) is 22.4 Å². The van der Waals surface area contributed by atoms with Crippen LogP contribution in [0.3, 0.4) is 0 Å². The standard InChI is InChI=1S/C17H24N2O3S/c1-12-10-18(11-13(2)22-12)16(20)14-6-3-4-8-19(14)17(21)15-7-5-9-23-15/h5,7,9,12-14H,3-4,6,8,10-11H2,1-2H3/t12-,13+,14?. The number of rotatable bonds is 2. The first-order chi connectivity index (χ1) is 11.1. The van der Waals surface area contributed by atoms with Crippen LogP contribution in [0.25, 0.3) is 0 Å². The fourth-order valence-electron chi connectivity index (χ4n) is 3.54. The third kappa shape index (κ3) is 3.58. The smallest absolute Gasteiger partial charge is 0.264 e. The van der Waals surface area contributed by atoms with Crippen molar-refractivity contribution >= 4 is 23.2 Å². The Morgan fingerprint density at radius 2 is 1.96 bits per heavy atom. The summed E-state index contributed by atoms with van der Waals surface area (Å²) in [5.41, 5.74) is 0. The van der Waals surface area contributed by atoms with Gasteiger partial charge in [0, 0.05) is 19.6 Å². The maximum atomic E-state index is 13.0. The van der Waals surface area contributed by atoms with Crippen LogP contribution >= 0.6 is 11.3 Å². The van der Waals surface area contributed by atoms with Crippen molar-refractivity contribution in [2.75, 3.05) is 19.6 Å². The maximum Gasteiger partial charge on any atom is 0.264 e. The van der Waals surface area contributed by atoms with Crippen molar-refractivity contribution < 1.29 is 14.3 Å². The van der Waals surface area contributed by atoms with E-state index in [0.717, 1.165) is 19.3 Å². The van der Waals surface area contributed by atoms with Crippen molar-refractivity contribution in [2.24, 2.45) is 0 Å². The van der Waals surface area contributed by atoms with Gasteiger partial charge in [-0.3, -0.25) is 9.59 Å². The van der Waals surface area contributed by atoms with E-state index >= 15 is 0 Å². The molecule has 2 saturated heterocycles. The molecule has 1 aromatic heterocycles. The van der Waals surface area contributed by atoms with Crippen molar-refractivity contribution in [2.45, 2.75) is 51.4 Å². The molecule has 126 valence electrons. The molecule has 1 aromatic rings. The molecule has 5 nitrogen and oxygen atoms in total. The van der Waals surface area contributed by atoms with Crippen molar-refractivity contribution in [3.8, 4) is 0 Å². The summed E-state index contributed by atoms with van der Waals surface area (Å²) in [7, 11) is 0. The summed E-state index contributed by atoms with van der Waals surface area (Å²) < 4.78 is 5.71. The Morgan fingerprint density at radius 1 is 1.22 bits per heavy atom. The lowest BCUT2D eigenvalue weighted by Gasteiger charge is -2.41. The first-order valence-electron chi connectivity index (χ1n) is 8.35. The van der Waals surface area contributed by atoms with Crippen LogP contribution in [0.15, 0.2) is 17.5 Å².